The van der Waals surface area contributed by atoms with Gasteiger partial charge in [-0.05, 0) is 12.8 Å². The maximum Gasteiger partial charge on any atom is 0.220 e. The van der Waals surface area contributed by atoms with Gasteiger partial charge in [-0.25, -0.2) is 0 Å². The number of unbranched alkanes of at least 4 members (excludes halogenated alkanes) is 21. The number of hydrogen-bond acceptors (Lipinski definition) is 4. The van der Waals surface area contributed by atoms with Gasteiger partial charge in [-0.3, -0.25) is 4.79 Å². The van der Waals surface area contributed by atoms with Crippen LogP contribution in [0.15, 0.2) is 0 Å². The molecule has 3 atom stereocenters. The molecule has 0 aliphatic heterocycles. The van der Waals surface area contributed by atoms with Crippen LogP contribution in [0.25, 0.3) is 0 Å². The van der Waals surface area contributed by atoms with E-state index in [-0.39, 0.29) is 12.5 Å². The first-order valence-corrected chi connectivity index (χ1v) is 16.3. The molecule has 222 valence electrons. The van der Waals surface area contributed by atoms with Crippen LogP contribution in [0.4, 0.5) is 0 Å². The molecular weight excluding hydrogens is 462 g/mol. The van der Waals surface area contributed by atoms with Crippen molar-refractivity contribution in [2.45, 2.75) is 193 Å². The zero-order valence-corrected chi connectivity index (χ0v) is 24.9. The third-order valence-electron chi connectivity index (χ3n) is 7.71. The Morgan fingerprint density at radius 2 is 0.919 bits per heavy atom. The highest BCUT2D eigenvalue weighted by atomic mass is 16.3. The van der Waals surface area contributed by atoms with Gasteiger partial charge in [-0.15, -0.1) is 0 Å². The van der Waals surface area contributed by atoms with E-state index in [1.807, 2.05) is 0 Å². The summed E-state index contributed by atoms with van der Waals surface area (Å²) in [5, 5.41) is 33.2. The first-order chi connectivity index (χ1) is 18.1. The van der Waals surface area contributed by atoms with E-state index in [1.165, 1.54) is 109 Å². The number of nitrogens with one attached hydrogen (secondary N) is 1. The van der Waals surface area contributed by atoms with E-state index in [1.54, 1.807) is 0 Å². The summed E-state index contributed by atoms with van der Waals surface area (Å²) in [4.78, 5) is 12.3. The molecule has 4 N–H and O–H groups in total. The number of aliphatic hydroxyl groups is 3. The quantitative estimate of drug-likeness (QED) is 0.0742. The van der Waals surface area contributed by atoms with Gasteiger partial charge in [0.2, 0.25) is 5.91 Å². The summed E-state index contributed by atoms with van der Waals surface area (Å²) in [6.45, 7) is 4.14. The van der Waals surface area contributed by atoms with Crippen LogP contribution in [-0.2, 0) is 4.79 Å². The molecule has 0 spiro atoms. The number of hydrogen-bond donors (Lipinski definition) is 4. The van der Waals surface area contributed by atoms with E-state index in [0.29, 0.717) is 12.8 Å². The van der Waals surface area contributed by atoms with Crippen LogP contribution in [0.2, 0.25) is 0 Å². The monoisotopic (exact) mass is 527 g/mol. The van der Waals surface area contributed by atoms with E-state index in [2.05, 4.69) is 19.2 Å². The third kappa shape index (κ3) is 24.1. The van der Waals surface area contributed by atoms with E-state index in [9.17, 15) is 20.1 Å². The van der Waals surface area contributed by atoms with Crippen LogP contribution in [0.5, 0.6) is 0 Å². The Kier molecular flexibility index (Phi) is 27.9. The Balaban J connectivity index is 3.72. The number of rotatable bonds is 29. The van der Waals surface area contributed by atoms with Gasteiger partial charge in [-0.1, -0.05) is 155 Å². The zero-order valence-electron chi connectivity index (χ0n) is 24.9. The van der Waals surface area contributed by atoms with Crippen molar-refractivity contribution in [3.05, 3.63) is 0 Å². The summed E-state index contributed by atoms with van der Waals surface area (Å²) in [5.41, 5.74) is 0. The number of carbonyl (C=O) groups excluding carboxylic acids is 1. The maximum absolute atomic E-state index is 12.3. The molecule has 0 heterocycles. The van der Waals surface area contributed by atoms with Gasteiger partial charge in [0.1, 0.15) is 6.10 Å². The first kappa shape index (κ1) is 36.4. The second-order valence-electron chi connectivity index (χ2n) is 11.4. The maximum atomic E-state index is 12.3. The fourth-order valence-corrected chi connectivity index (χ4v) is 5.10. The van der Waals surface area contributed by atoms with Gasteiger partial charge in [0.25, 0.3) is 0 Å². The molecule has 0 saturated carbocycles. The van der Waals surface area contributed by atoms with E-state index in [0.717, 1.165) is 38.5 Å². The first-order valence-electron chi connectivity index (χ1n) is 16.3. The average molecular weight is 528 g/mol. The summed E-state index contributed by atoms with van der Waals surface area (Å²) >= 11 is 0. The van der Waals surface area contributed by atoms with Crippen LogP contribution in [-0.4, -0.2) is 46.1 Å². The lowest BCUT2D eigenvalue weighted by Crippen LogP contribution is -2.50. The number of aliphatic hydroxyl groups excluding tert-OH is 3. The van der Waals surface area contributed by atoms with Crippen molar-refractivity contribution in [1.82, 2.24) is 5.32 Å². The Bertz CT molecular complexity index is 474. The van der Waals surface area contributed by atoms with Crippen molar-refractivity contribution in [2.24, 2.45) is 0 Å². The van der Waals surface area contributed by atoms with Crippen molar-refractivity contribution < 1.29 is 20.1 Å². The lowest BCUT2D eigenvalue weighted by molar-refractivity contribution is -0.124. The second kappa shape index (κ2) is 28.4. The van der Waals surface area contributed by atoms with Gasteiger partial charge in [0.05, 0.1) is 18.8 Å². The van der Waals surface area contributed by atoms with Crippen molar-refractivity contribution in [2.75, 3.05) is 6.61 Å². The van der Waals surface area contributed by atoms with Crippen molar-refractivity contribution in [3.8, 4) is 0 Å². The van der Waals surface area contributed by atoms with Crippen LogP contribution in [0, 0.1) is 0 Å². The van der Waals surface area contributed by atoms with Gasteiger partial charge < -0.3 is 20.6 Å². The predicted molar refractivity (Wildman–Crippen MR) is 158 cm³/mol. The highest BCUT2D eigenvalue weighted by Gasteiger charge is 2.26. The van der Waals surface area contributed by atoms with Gasteiger partial charge >= 0.3 is 0 Å². The molecule has 1 amide bonds. The number of carbonyl (C=O) groups is 1. The standard InChI is InChI=1S/C32H65NO4/c1-3-5-7-9-11-13-15-17-19-21-23-25-27-31(36)33-29(28-34)32(37)30(35)26-24-22-20-18-16-14-12-10-8-6-4-2/h29-30,32,34-35,37H,3-28H2,1-2H3,(H,33,36). The topological polar surface area (TPSA) is 89.8 Å². The predicted octanol–water partition coefficient (Wildman–Crippen LogP) is 7.98. The fraction of sp³-hybridized carbons (Fsp3) is 0.969. The summed E-state index contributed by atoms with van der Waals surface area (Å²) in [6.07, 6.45) is 27.5. The van der Waals surface area contributed by atoms with Crippen LogP contribution < -0.4 is 5.32 Å². The molecule has 37 heavy (non-hydrogen) atoms. The Labute approximate surface area is 230 Å². The molecule has 0 radical (unpaired) electrons. The highest BCUT2D eigenvalue weighted by molar-refractivity contribution is 5.76. The van der Waals surface area contributed by atoms with E-state index < -0.39 is 18.2 Å². The molecule has 3 unspecified atom stereocenters. The van der Waals surface area contributed by atoms with Crippen LogP contribution in [0.3, 0.4) is 0 Å². The summed E-state index contributed by atoms with van der Waals surface area (Å²) in [7, 11) is 0. The molecule has 0 rings (SSSR count). The molecule has 5 nitrogen and oxygen atoms in total. The minimum atomic E-state index is -1.13. The summed E-state index contributed by atoms with van der Waals surface area (Å²) < 4.78 is 0. The minimum Gasteiger partial charge on any atom is -0.394 e. The molecule has 0 aromatic carbocycles. The van der Waals surface area contributed by atoms with Gasteiger partial charge in [0, 0.05) is 6.42 Å². The lowest BCUT2D eigenvalue weighted by atomic mass is 9.99. The molecule has 0 aromatic heterocycles. The second-order valence-corrected chi connectivity index (χ2v) is 11.4. The molecule has 5 heteroatoms. The van der Waals surface area contributed by atoms with E-state index >= 15 is 0 Å². The normalized spacial score (nSPS) is 14.0. The van der Waals surface area contributed by atoms with Crippen LogP contribution in [0.1, 0.15) is 174 Å². The molecular formula is C32H65NO4. The largest absolute Gasteiger partial charge is 0.394 e. The van der Waals surface area contributed by atoms with Gasteiger partial charge in [-0.2, -0.15) is 0 Å². The van der Waals surface area contributed by atoms with Crippen molar-refractivity contribution in [1.29, 1.82) is 0 Å². The fourth-order valence-electron chi connectivity index (χ4n) is 5.10. The molecule has 0 fully saturated rings. The smallest absolute Gasteiger partial charge is 0.220 e. The average Bonchev–Trinajstić information content (AvgIpc) is 2.90. The summed E-state index contributed by atoms with van der Waals surface area (Å²) in [6, 6.07) is -0.799. The molecule has 0 aliphatic rings. The molecule has 0 bridgehead atoms. The van der Waals surface area contributed by atoms with E-state index in [4.69, 9.17) is 0 Å². The molecule has 0 aliphatic carbocycles. The lowest BCUT2D eigenvalue weighted by Gasteiger charge is -2.26. The van der Waals surface area contributed by atoms with Crippen LogP contribution >= 0.6 is 0 Å². The molecule has 0 saturated heterocycles. The highest BCUT2D eigenvalue weighted by Crippen LogP contribution is 2.15. The Morgan fingerprint density at radius 3 is 1.30 bits per heavy atom. The van der Waals surface area contributed by atoms with Crippen molar-refractivity contribution >= 4 is 5.91 Å². The van der Waals surface area contributed by atoms with Gasteiger partial charge in [0.15, 0.2) is 0 Å². The van der Waals surface area contributed by atoms with Crippen molar-refractivity contribution in [3.63, 3.8) is 0 Å². The third-order valence-corrected chi connectivity index (χ3v) is 7.71. The Hall–Kier alpha value is -0.650. The Morgan fingerprint density at radius 1 is 0.568 bits per heavy atom. The molecule has 0 aromatic rings. The SMILES string of the molecule is CCCCCCCCCCCCCCC(=O)NC(CO)C(O)C(O)CCCCCCCCCCCCC. The number of amides is 1. The minimum absolute atomic E-state index is 0.146. The zero-order chi connectivity index (χ0) is 27.4. The summed E-state index contributed by atoms with van der Waals surface area (Å²) in [5.74, 6) is -0.146.